The second-order valence-corrected chi connectivity index (χ2v) is 17.2. The first-order valence-corrected chi connectivity index (χ1v) is 21.0. The molecule has 0 radical (unpaired) electrons. The van der Waals surface area contributed by atoms with Gasteiger partial charge in [-0.2, -0.15) is 0 Å². The van der Waals surface area contributed by atoms with E-state index in [1.54, 1.807) is 45.3 Å². The van der Waals surface area contributed by atoms with Crippen molar-refractivity contribution in [2.75, 3.05) is 25.0 Å². The van der Waals surface area contributed by atoms with Gasteiger partial charge in [0, 0.05) is 56.6 Å². The quantitative estimate of drug-likeness (QED) is 0.172. The molecule has 0 bridgehead atoms. The van der Waals surface area contributed by atoms with Gasteiger partial charge in [-0.15, -0.1) is 0 Å². The van der Waals surface area contributed by atoms with E-state index in [2.05, 4.69) is 27.7 Å². The smallest absolute Gasteiger partial charge is 0.329 e. The molecule has 9 rings (SSSR count). The molecule has 58 heavy (non-hydrogen) atoms. The summed E-state index contributed by atoms with van der Waals surface area (Å²) in [6.07, 6.45) is 14.4. The number of aryl methyl sites for hydroxylation is 1. The molecule has 304 valence electrons. The van der Waals surface area contributed by atoms with Crippen LogP contribution in [0.25, 0.3) is 16.7 Å². The van der Waals surface area contributed by atoms with Gasteiger partial charge >= 0.3 is 5.69 Å². The molecule has 3 amide bonds. The van der Waals surface area contributed by atoms with Crippen LogP contribution in [0, 0.1) is 5.92 Å². The van der Waals surface area contributed by atoms with Crippen molar-refractivity contribution < 1.29 is 19.1 Å². The molecule has 0 spiro atoms. The number of benzene rings is 1. The van der Waals surface area contributed by atoms with E-state index in [1.807, 2.05) is 36.6 Å². The Balaban J connectivity index is 0.813. The van der Waals surface area contributed by atoms with Crippen molar-refractivity contribution in [3.05, 3.63) is 92.6 Å². The number of hydrogen-bond donors (Lipinski definition) is 2. The molecule has 4 aliphatic rings. The topological polar surface area (TPSA) is 154 Å². The molecule has 5 aromatic rings. The number of nitrogens with one attached hydrogen (secondary N) is 2. The number of rotatable bonds is 10. The van der Waals surface area contributed by atoms with Crippen LogP contribution in [0.3, 0.4) is 0 Å². The van der Waals surface area contributed by atoms with Crippen LogP contribution < -0.4 is 26.6 Å². The predicted molar refractivity (Wildman–Crippen MR) is 220 cm³/mol. The lowest BCUT2D eigenvalue weighted by Gasteiger charge is -2.36. The van der Waals surface area contributed by atoms with Gasteiger partial charge < -0.3 is 23.9 Å². The number of nitrogens with zero attached hydrogens (tertiary/aromatic N) is 6. The fourth-order valence-electron chi connectivity index (χ4n) is 9.51. The van der Waals surface area contributed by atoms with Crippen LogP contribution in [0.15, 0.2) is 64.6 Å². The van der Waals surface area contributed by atoms with Gasteiger partial charge in [0.05, 0.1) is 28.4 Å². The molecule has 2 N–H and O–H groups in total. The molecule has 14 heteroatoms. The lowest BCUT2D eigenvalue weighted by molar-refractivity contribution is -0.135. The molecule has 1 unspecified atom stereocenters. The standard InChI is InChI=1S/C44H52N8O6/c1-26(2)58-38-22-39-45-34(25-50(39)24-32(38)41(54)46-33-5-4-18-51(43(33)56)31-11-12-31)29-8-6-27(7-9-29)23-49-19-16-28(17-20-49)30-10-13-35-37(21-30)48(3)44(57)52(35)36-14-15-40(53)47-42(36)55/h4-5,10,13,18,21-22,24-29,31,36H,6-9,11-12,14-17,19-20,23H2,1-3H3,(H,46,54)(H,47,53,55)/t27-,29-,36?. The van der Waals surface area contributed by atoms with Gasteiger partial charge in [0.15, 0.2) is 0 Å². The van der Waals surface area contributed by atoms with Crippen LogP contribution in [0.1, 0.15) is 124 Å². The molecule has 4 fully saturated rings. The van der Waals surface area contributed by atoms with E-state index in [0.29, 0.717) is 35.5 Å². The Hall–Kier alpha value is -5.50. The number of amides is 3. The van der Waals surface area contributed by atoms with Gasteiger partial charge in [0.1, 0.15) is 23.1 Å². The summed E-state index contributed by atoms with van der Waals surface area (Å²) in [7, 11) is 1.75. The molecule has 2 aliphatic carbocycles. The first-order chi connectivity index (χ1) is 28.0. The minimum absolute atomic E-state index is 0.152. The van der Waals surface area contributed by atoms with Gasteiger partial charge in [0.2, 0.25) is 11.8 Å². The highest BCUT2D eigenvalue weighted by molar-refractivity contribution is 6.06. The predicted octanol–water partition coefficient (Wildman–Crippen LogP) is 5.65. The first kappa shape index (κ1) is 38.0. The highest BCUT2D eigenvalue weighted by Gasteiger charge is 2.33. The fraction of sp³-hybridized carbons (Fsp3) is 0.500. The summed E-state index contributed by atoms with van der Waals surface area (Å²) < 4.78 is 12.9. The van der Waals surface area contributed by atoms with Crippen molar-refractivity contribution in [1.29, 1.82) is 0 Å². The Morgan fingerprint density at radius 3 is 2.41 bits per heavy atom. The number of likely N-dealkylation sites (tertiary alicyclic amines) is 1. The number of imide groups is 1. The molecule has 4 aromatic heterocycles. The van der Waals surface area contributed by atoms with E-state index in [4.69, 9.17) is 9.72 Å². The van der Waals surface area contributed by atoms with Crippen molar-refractivity contribution in [3.8, 4) is 5.75 Å². The summed E-state index contributed by atoms with van der Waals surface area (Å²) in [5, 5.41) is 5.23. The minimum atomic E-state index is -0.681. The summed E-state index contributed by atoms with van der Waals surface area (Å²) in [4.78, 5) is 71.9. The first-order valence-electron chi connectivity index (χ1n) is 21.0. The minimum Gasteiger partial charge on any atom is -0.490 e. The maximum absolute atomic E-state index is 13.6. The van der Waals surface area contributed by atoms with Crippen LogP contribution in [-0.2, 0) is 16.6 Å². The van der Waals surface area contributed by atoms with Gasteiger partial charge in [-0.3, -0.25) is 33.6 Å². The zero-order valence-electron chi connectivity index (χ0n) is 33.5. The Morgan fingerprint density at radius 1 is 0.914 bits per heavy atom. The van der Waals surface area contributed by atoms with Gasteiger partial charge in [-0.1, -0.05) is 6.07 Å². The van der Waals surface area contributed by atoms with Crippen molar-refractivity contribution in [1.82, 2.24) is 33.3 Å². The van der Waals surface area contributed by atoms with Gasteiger partial charge in [-0.25, -0.2) is 9.78 Å². The van der Waals surface area contributed by atoms with Crippen molar-refractivity contribution in [3.63, 3.8) is 0 Å². The second-order valence-electron chi connectivity index (χ2n) is 17.2. The molecule has 2 saturated heterocycles. The van der Waals surface area contributed by atoms with E-state index >= 15 is 0 Å². The number of carbonyl (C=O) groups excluding carboxylic acids is 3. The molecular weight excluding hydrogens is 737 g/mol. The van der Waals surface area contributed by atoms with Crippen LogP contribution >= 0.6 is 0 Å². The zero-order chi connectivity index (χ0) is 40.2. The molecular formula is C44H52N8O6. The Labute approximate surface area is 336 Å². The third kappa shape index (κ3) is 7.38. The Bertz CT molecular complexity index is 2530. The Morgan fingerprint density at radius 2 is 1.69 bits per heavy atom. The van der Waals surface area contributed by atoms with E-state index in [1.165, 1.54) is 5.56 Å². The molecule has 2 saturated carbocycles. The highest BCUT2D eigenvalue weighted by Crippen LogP contribution is 2.38. The van der Waals surface area contributed by atoms with Gasteiger partial charge in [-0.05, 0) is 126 Å². The number of piperidine rings is 2. The van der Waals surface area contributed by atoms with E-state index < -0.39 is 17.9 Å². The number of pyridine rings is 2. The van der Waals surface area contributed by atoms with Gasteiger partial charge in [0.25, 0.3) is 11.5 Å². The summed E-state index contributed by atoms with van der Waals surface area (Å²) in [6.45, 7) is 7.00. The number of ether oxygens (including phenoxy) is 1. The van der Waals surface area contributed by atoms with E-state index in [-0.39, 0.29) is 41.4 Å². The molecule has 14 nitrogen and oxygen atoms in total. The van der Waals surface area contributed by atoms with Crippen LogP contribution in [0.5, 0.6) is 5.75 Å². The summed E-state index contributed by atoms with van der Waals surface area (Å²) in [5.41, 5.74) is 4.71. The number of fused-ring (bicyclic) bond motifs is 2. The third-order valence-corrected chi connectivity index (χ3v) is 12.8. The average Bonchev–Trinajstić information content (AvgIpc) is 3.92. The van der Waals surface area contributed by atoms with E-state index in [0.717, 1.165) is 93.4 Å². The largest absolute Gasteiger partial charge is 0.490 e. The van der Waals surface area contributed by atoms with Crippen LogP contribution in [0.4, 0.5) is 5.69 Å². The normalized spacial score (nSPS) is 22.2. The molecule has 1 aromatic carbocycles. The molecule has 2 aliphatic heterocycles. The van der Waals surface area contributed by atoms with Crippen molar-refractivity contribution >= 4 is 40.1 Å². The van der Waals surface area contributed by atoms with Crippen molar-refractivity contribution in [2.45, 2.75) is 108 Å². The Kier molecular flexibility index (Phi) is 10.1. The highest BCUT2D eigenvalue weighted by atomic mass is 16.5. The number of carbonyl (C=O) groups is 3. The monoisotopic (exact) mass is 788 g/mol. The second kappa shape index (κ2) is 15.3. The number of aromatic nitrogens is 5. The summed E-state index contributed by atoms with van der Waals surface area (Å²) >= 11 is 0. The maximum Gasteiger partial charge on any atom is 0.329 e. The number of imidazole rings is 2. The number of hydrogen-bond acceptors (Lipinski definition) is 8. The van der Waals surface area contributed by atoms with Crippen molar-refractivity contribution in [2.24, 2.45) is 13.0 Å². The number of anilines is 1. The summed E-state index contributed by atoms with van der Waals surface area (Å²) in [6, 6.07) is 11.0. The third-order valence-electron chi connectivity index (χ3n) is 12.8. The average molecular weight is 789 g/mol. The van der Waals surface area contributed by atoms with Crippen LogP contribution in [0.2, 0.25) is 0 Å². The summed E-state index contributed by atoms with van der Waals surface area (Å²) in [5.74, 6) is 0.718. The SMILES string of the molecule is CC(C)Oc1cc2nc([C@H]3CC[C@H](CN4CCC(c5ccc6c(c5)n(C)c(=O)n6C5CCC(=O)NC5=O)CC4)CC3)cn2cc1C(=O)Nc1cccn(C2CC2)c1=O. The maximum atomic E-state index is 13.6. The lowest BCUT2D eigenvalue weighted by atomic mass is 9.80. The molecule has 6 heterocycles. The van der Waals surface area contributed by atoms with Crippen LogP contribution in [-0.4, -0.2) is 71.4 Å². The fourth-order valence-corrected chi connectivity index (χ4v) is 9.51. The van der Waals surface area contributed by atoms with E-state index in [9.17, 15) is 24.0 Å². The zero-order valence-corrected chi connectivity index (χ0v) is 33.5. The molecule has 1 atom stereocenters. The lowest BCUT2D eigenvalue weighted by Crippen LogP contribution is -2.44.